The van der Waals surface area contributed by atoms with Crippen molar-refractivity contribution in [2.45, 2.75) is 38.1 Å². The highest BCUT2D eigenvalue weighted by atomic mass is 16.5. The first-order chi connectivity index (χ1) is 13.3. The third kappa shape index (κ3) is 3.79. The Bertz CT molecular complexity index is 807. The molecule has 0 spiro atoms. The first kappa shape index (κ1) is 17.9. The molecule has 2 aliphatic heterocycles. The molecule has 0 radical (unpaired) electrons. The van der Waals surface area contributed by atoms with Gasteiger partial charge >= 0.3 is 0 Å². The molecule has 4 rings (SSSR count). The molecule has 0 amide bonds. The molecular formula is C21H26N4O2. The molecular weight excluding hydrogens is 340 g/mol. The van der Waals surface area contributed by atoms with Crippen LogP contribution in [0.15, 0.2) is 28.7 Å². The van der Waals surface area contributed by atoms with Crippen molar-refractivity contribution < 1.29 is 9.15 Å². The van der Waals surface area contributed by atoms with Gasteiger partial charge in [-0.25, -0.2) is 0 Å². The molecule has 27 heavy (non-hydrogen) atoms. The van der Waals surface area contributed by atoms with E-state index in [9.17, 15) is 5.26 Å². The minimum Gasteiger partial charge on any atom is -0.497 e. The summed E-state index contributed by atoms with van der Waals surface area (Å²) in [6, 6.07) is 10.3. The number of hydrogen-bond donors (Lipinski definition) is 1. The summed E-state index contributed by atoms with van der Waals surface area (Å²) in [5.41, 5.74) is 1.15. The lowest BCUT2D eigenvalue weighted by molar-refractivity contribution is 0.0647. The highest BCUT2D eigenvalue weighted by molar-refractivity contribution is 5.59. The first-order valence-electron chi connectivity index (χ1n) is 9.82. The van der Waals surface area contributed by atoms with E-state index in [0.29, 0.717) is 29.4 Å². The minimum absolute atomic E-state index is 0.317. The van der Waals surface area contributed by atoms with Crippen LogP contribution in [0, 0.1) is 17.2 Å². The summed E-state index contributed by atoms with van der Waals surface area (Å²) < 4.78 is 11.1. The Labute approximate surface area is 160 Å². The van der Waals surface area contributed by atoms with E-state index in [1.165, 1.54) is 45.2 Å². The summed E-state index contributed by atoms with van der Waals surface area (Å²) in [7, 11) is 1.63. The Balaban J connectivity index is 1.47. The molecule has 142 valence electrons. The number of anilines is 1. The zero-order chi connectivity index (χ0) is 18.6. The fourth-order valence-corrected chi connectivity index (χ4v) is 4.41. The fraction of sp³-hybridized carbons (Fsp3) is 0.524. The maximum Gasteiger partial charge on any atom is 0.232 e. The van der Waals surface area contributed by atoms with Gasteiger partial charge in [-0.15, -0.1) is 0 Å². The van der Waals surface area contributed by atoms with Crippen LogP contribution in [0.1, 0.15) is 37.8 Å². The predicted molar refractivity (Wildman–Crippen MR) is 104 cm³/mol. The summed E-state index contributed by atoms with van der Waals surface area (Å²) in [6.45, 7) is 3.29. The number of benzene rings is 1. The SMILES string of the molecule is COc1ccc(-c2nc(C#N)c(NCC3CCCN4CCCCC34)o2)cc1. The summed E-state index contributed by atoms with van der Waals surface area (Å²) in [4.78, 5) is 7.00. The normalized spacial score (nSPS) is 22.7. The monoisotopic (exact) mass is 366 g/mol. The van der Waals surface area contributed by atoms with Crippen molar-refractivity contribution in [2.75, 3.05) is 32.1 Å². The number of hydrogen-bond acceptors (Lipinski definition) is 6. The van der Waals surface area contributed by atoms with Gasteiger partial charge in [-0.05, 0) is 69.0 Å². The van der Waals surface area contributed by atoms with Gasteiger partial charge in [-0.2, -0.15) is 10.2 Å². The number of nitrogens with zero attached hydrogens (tertiary/aromatic N) is 3. The molecule has 2 saturated heterocycles. The number of oxazole rings is 1. The van der Waals surface area contributed by atoms with Gasteiger partial charge in [0.2, 0.25) is 17.5 Å². The number of methoxy groups -OCH3 is 1. The van der Waals surface area contributed by atoms with Gasteiger partial charge in [0.15, 0.2) is 0 Å². The van der Waals surface area contributed by atoms with Crippen LogP contribution < -0.4 is 10.1 Å². The standard InChI is InChI=1S/C21H26N4O2/c1-26-17-9-7-15(8-10-17)20-24-18(13-22)21(27-20)23-14-16-5-4-12-25-11-3-2-6-19(16)25/h7-10,16,19,23H,2-6,11-12,14H2,1H3. The molecule has 2 aromatic rings. The lowest BCUT2D eigenvalue weighted by atomic mass is 9.83. The molecule has 0 aliphatic carbocycles. The second kappa shape index (κ2) is 8.01. The lowest BCUT2D eigenvalue weighted by Crippen LogP contribution is -2.49. The number of nitriles is 1. The molecule has 6 nitrogen and oxygen atoms in total. The van der Waals surface area contributed by atoms with Gasteiger partial charge < -0.3 is 19.4 Å². The second-order valence-corrected chi connectivity index (χ2v) is 7.42. The van der Waals surface area contributed by atoms with E-state index in [2.05, 4.69) is 21.3 Å². The van der Waals surface area contributed by atoms with Crippen LogP contribution in [-0.4, -0.2) is 42.7 Å². The van der Waals surface area contributed by atoms with Crippen molar-refractivity contribution in [1.29, 1.82) is 5.26 Å². The molecule has 2 fully saturated rings. The van der Waals surface area contributed by atoms with E-state index in [1.54, 1.807) is 7.11 Å². The van der Waals surface area contributed by atoms with Crippen LogP contribution in [0.3, 0.4) is 0 Å². The topological polar surface area (TPSA) is 74.3 Å². The summed E-state index contributed by atoms with van der Waals surface area (Å²) in [5, 5.41) is 12.8. The average molecular weight is 366 g/mol. The summed E-state index contributed by atoms with van der Waals surface area (Å²) in [5.74, 6) is 2.31. The quantitative estimate of drug-likeness (QED) is 0.865. The molecule has 2 aliphatic rings. The number of rotatable bonds is 5. The van der Waals surface area contributed by atoms with E-state index >= 15 is 0 Å². The number of nitrogens with one attached hydrogen (secondary N) is 1. The Morgan fingerprint density at radius 2 is 2.04 bits per heavy atom. The van der Waals surface area contributed by atoms with Crippen LogP contribution in [0.4, 0.5) is 5.88 Å². The molecule has 3 heterocycles. The number of ether oxygens (including phenoxy) is 1. The van der Waals surface area contributed by atoms with E-state index < -0.39 is 0 Å². The van der Waals surface area contributed by atoms with E-state index in [4.69, 9.17) is 9.15 Å². The van der Waals surface area contributed by atoms with Crippen molar-refractivity contribution >= 4 is 5.88 Å². The first-order valence-corrected chi connectivity index (χ1v) is 9.82. The third-order valence-electron chi connectivity index (χ3n) is 5.82. The van der Waals surface area contributed by atoms with Crippen molar-refractivity contribution in [1.82, 2.24) is 9.88 Å². The fourth-order valence-electron chi connectivity index (χ4n) is 4.41. The molecule has 2 atom stereocenters. The van der Waals surface area contributed by atoms with Crippen molar-refractivity contribution in [3.63, 3.8) is 0 Å². The number of piperidine rings is 2. The molecule has 6 heteroatoms. The summed E-state index contributed by atoms with van der Waals surface area (Å²) in [6.07, 6.45) is 6.41. The molecule has 1 aromatic heterocycles. The van der Waals surface area contributed by atoms with Crippen molar-refractivity contribution in [3.05, 3.63) is 30.0 Å². The Morgan fingerprint density at radius 1 is 1.22 bits per heavy atom. The minimum atomic E-state index is 0.317. The molecule has 1 N–H and O–H groups in total. The zero-order valence-corrected chi connectivity index (χ0v) is 15.8. The predicted octanol–water partition coefficient (Wildman–Crippen LogP) is 3.90. The van der Waals surface area contributed by atoms with Crippen LogP contribution in [0.5, 0.6) is 5.75 Å². The molecule has 1 aromatic carbocycles. The Hall–Kier alpha value is -2.52. The highest BCUT2D eigenvalue weighted by Gasteiger charge is 2.33. The van der Waals surface area contributed by atoms with Crippen molar-refractivity contribution in [3.8, 4) is 23.3 Å². The van der Waals surface area contributed by atoms with E-state index in [-0.39, 0.29) is 0 Å². The maximum atomic E-state index is 9.44. The van der Waals surface area contributed by atoms with Crippen LogP contribution in [-0.2, 0) is 0 Å². The third-order valence-corrected chi connectivity index (χ3v) is 5.82. The van der Waals surface area contributed by atoms with Crippen LogP contribution in [0.2, 0.25) is 0 Å². The highest BCUT2D eigenvalue weighted by Crippen LogP contribution is 2.32. The summed E-state index contributed by atoms with van der Waals surface area (Å²) >= 11 is 0. The number of fused-ring (bicyclic) bond motifs is 1. The lowest BCUT2D eigenvalue weighted by Gasteiger charge is -2.44. The Kier molecular flexibility index (Phi) is 5.30. The van der Waals surface area contributed by atoms with Crippen LogP contribution >= 0.6 is 0 Å². The zero-order valence-electron chi connectivity index (χ0n) is 15.8. The van der Waals surface area contributed by atoms with Gasteiger partial charge in [0.1, 0.15) is 11.8 Å². The number of aromatic nitrogens is 1. The van der Waals surface area contributed by atoms with Gasteiger partial charge in [0.05, 0.1) is 7.11 Å². The van der Waals surface area contributed by atoms with Crippen LogP contribution in [0.25, 0.3) is 11.5 Å². The van der Waals surface area contributed by atoms with Gasteiger partial charge in [-0.1, -0.05) is 6.42 Å². The Morgan fingerprint density at radius 3 is 2.81 bits per heavy atom. The average Bonchev–Trinajstić information content (AvgIpc) is 3.15. The van der Waals surface area contributed by atoms with Gasteiger partial charge in [0.25, 0.3) is 0 Å². The second-order valence-electron chi connectivity index (χ2n) is 7.42. The van der Waals surface area contributed by atoms with E-state index in [0.717, 1.165) is 17.9 Å². The maximum absolute atomic E-state index is 9.44. The largest absolute Gasteiger partial charge is 0.497 e. The van der Waals surface area contributed by atoms with Crippen molar-refractivity contribution in [2.24, 2.45) is 5.92 Å². The molecule has 0 bridgehead atoms. The van der Waals surface area contributed by atoms with Gasteiger partial charge in [-0.3, -0.25) is 0 Å². The van der Waals surface area contributed by atoms with Gasteiger partial charge in [0, 0.05) is 18.2 Å². The molecule has 2 unspecified atom stereocenters. The molecule has 0 saturated carbocycles. The van der Waals surface area contributed by atoms with E-state index in [1.807, 2.05) is 24.3 Å². The smallest absolute Gasteiger partial charge is 0.232 e.